The van der Waals surface area contributed by atoms with Crippen molar-refractivity contribution in [2.45, 2.75) is 6.04 Å². The maximum absolute atomic E-state index is 6.26. The fourth-order valence-corrected chi connectivity index (χ4v) is 3.37. The summed E-state index contributed by atoms with van der Waals surface area (Å²) in [6, 6.07) is 7.57. The average molecular weight is 328 g/mol. The Hall–Kier alpha value is -1.04. The molecule has 1 heterocycles. The molecule has 0 amide bonds. The van der Waals surface area contributed by atoms with Crippen molar-refractivity contribution >= 4 is 27.3 Å². The predicted octanol–water partition coefficient (Wildman–Crippen LogP) is 3.58. The quantitative estimate of drug-likeness (QED) is 0.933. The van der Waals surface area contributed by atoms with E-state index < -0.39 is 0 Å². The molecule has 1 aromatic heterocycles. The van der Waals surface area contributed by atoms with Crippen LogP contribution in [0.1, 0.15) is 16.5 Å². The van der Waals surface area contributed by atoms with Crippen LogP contribution in [0.4, 0.5) is 0 Å². The van der Waals surface area contributed by atoms with Crippen molar-refractivity contribution in [1.82, 2.24) is 0 Å². The van der Waals surface area contributed by atoms with E-state index in [0.717, 1.165) is 14.9 Å². The lowest BCUT2D eigenvalue weighted by molar-refractivity contribution is 0.354. The molecule has 0 radical (unpaired) electrons. The molecule has 18 heavy (non-hydrogen) atoms. The molecule has 0 aliphatic heterocycles. The van der Waals surface area contributed by atoms with Crippen LogP contribution in [0.5, 0.6) is 11.5 Å². The number of ether oxygens (including phenoxy) is 2. The summed E-state index contributed by atoms with van der Waals surface area (Å²) in [5.41, 5.74) is 7.26. The third-order valence-corrected chi connectivity index (χ3v) is 4.65. The molecule has 5 heteroatoms. The number of rotatable bonds is 4. The second-order valence-electron chi connectivity index (χ2n) is 3.72. The van der Waals surface area contributed by atoms with Crippen molar-refractivity contribution in [3.05, 3.63) is 44.6 Å². The first-order valence-corrected chi connectivity index (χ1v) is 7.05. The molecule has 2 rings (SSSR count). The van der Waals surface area contributed by atoms with Crippen LogP contribution in [0.2, 0.25) is 0 Å². The number of thiophene rings is 1. The highest BCUT2D eigenvalue weighted by atomic mass is 79.9. The van der Waals surface area contributed by atoms with Gasteiger partial charge in [0.2, 0.25) is 0 Å². The molecular formula is C13H14BrNO2S. The van der Waals surface area contributed by atoms with E-state index in [1.165, 1.54) is 0 Å². The van der Waals surface area contributed by atoms with Crippen LogP contribution in [0.25, 0.3) is 0 Å². The largest absolute Gasteiger partial charge is 0.493 e. The number of hydrogen-bond donors (Lipinski definition) is 1. The second-order valence-corrected chi connectivity index (χ2v) is 5.53. The van der Waals surface area contributed by atoms with Crippen molar-refractivity contribution in [1.29, 1.82) is 0 Å². The van der Waals surface area contributed by atoms with Crippen LogP contribution in [0.15, 0.2) is 34.1 Å². The highest BCUT2D eigenvalue weighted by Gasteiger charge is 2.15. The van der Waals surface area contributed by atoms with Crippen molar-refractivity contribution in [3.8, 4) is 11.5 Å². The minimum absolute atomic E-state index is 0.167. The normalized spacial score (nSPS) is 12.2. The molecule has 0 saturated carbocycles. The summed E-state index contributed by atoms with van der Waals surface area (Å²) in [4.78, 5) is 1.10. The topological polar surface area (TPSA) is 44.5 Å². The Morgan fingerprint density at radius 1 is 1.17 bits per heavy atom. The van der Waals surface area contributed by atoms with E-state index >= 15 is 0 Å². The maximum Gasteiger partial charge on any atom is 0.161 e. The van der Waals surface area contributed by atoms with Gasteiger partial charge in [-0.1, -0.05) is 6.07 Å². The van der Waals surface area contributed by atoms with Gasteiger partial charge in [0.25, 0.3) is 0 Å². The standard InChI is InChI=1S/C13H14BrNO2S/c1-16-10-4-3-8(7-11(10)17-2)12(15)13-9(14)5-6-18-13/h3-7,12H,15H2,1-2H3. The number of benzene rings is 1. The lowest BCUT2D eigenvalue weighted by Gasteiger charge is -2.14. The van der Waals surface area contributed by atoms with Gasteiger partial charge >= 0.3 is 0 Å². The molecule has 0 aliphatic rings. The van der Waals surface area contributed by atoms with Gasteiger partial charge in [-0.05, 0) is 45.1 Å². The maximum atomic E-state index is 6.26. The Kier molecular flexibility index (Phi) is 4.27. The summed E-state index contributed by atoms with van der Waals surface area (Å²) in [6.07, 6.45) is 0. The van der Waals surface area contributed by atoms with Gasteiger partial charge in [0.1, 0.15) is 0 Å². The Morgan fingerprint density at radius 2 is 1.89 bits per heavy atom. The zero-order chi connectivity index (χ0) is 13.1. The minimum atomic E-state index is -0.167. The van der Waals surface area contributed by atoms with Crippen LogP contribution in [0.3, 0.4) is 0 Å². The number of hydrogen-bond acceptors (Lipinski definition) is 4. The van der Waals surface area contributed by atoms with Crippen LogP contribution in [-0.2, 0) is 0 Å². The molecule has 3 nitrogen and oxygen atoms in total. The predicted molar refractivity (Wildman–Crippen MR) is 77.6 cm³/mol. The van der Waals surface area contributed by atoms with Gasteiger partial charge in [-0.2, -0.15) is 0 Å². The third kappa shape index (κ3) is 2.53. The van der Waals surface area contributed by atoms with E-state index in [2.05, 4.69) is 15.9 Å². The molecule has 0 spiro atoms. The third-order valence-electron chi connectivity index (χ3n) is 2.69. The van der Waals surface area contributed by atoms with Crippen LogP contribution in [-0.4, -0.2) is 14.2 Å². The van der Waals surface area contributed by atoms with Gasteiger partial charge in [0, 0.05) is 9.35 Å². The summed E-state index contributed by atoms with van der Waals surface area (Å²) >= 11 is 5.13. The summed E-state index contributed by atoms with van der Waals surface area (Å²) in [5, 5.41) is 2.01. The lowest BCUT2D eigenvalue weighted by atomic mass is 10.1. The Labute approximate surface area is 119 Å². The van der Waals surface area contributed by atoms with Gasteiger partial charge < -0.3 is 15.2 Å². The molecule has 96 valence electrons. The molecule has 1 unspecified atom stereocenters. The SMILES string of the molecule is COc1ccc(C(N)c2sccc2Br)cc1OC. The summed E-state index contributed by atoms with van der Waals surface area (Å²) in [5.74, 6) is 1.40. The van der Waals surface area contributed by atoms with Gasteiger partial charge in [-0.3, -0.25) is 0 Å². The van der Waals surface area contributed by atoms with Crippen molar-refractivity contribution in [3.63, 3.8) is 0 Å². The van der Waals surface area contributed by atoms with E-state index in [0.29, 0.717) is 11.5 Å². The fourth-order valence-electron chi connectivity index (χ4n) is 1.72. The molecular weight excluding hydrogens is 314 g/mol. The summed E-state index contributed by atoms with van der Waals surface area (Å²) in [7, 11) is 3.24. The first-order valence-electron chi connectivity index (χ1n) is 5.37. The highest BCUT2D eigenvalue weighted by Crippen LogP contribution is 2.35. The molecule has 1 atom stereocenters. The van der Waals surface area contributed by atoms with Gasteiger partial charge in [-0.15, -0.1) is 11.3 Å². The molecule has 2 aromatic rings. The van der Waals surface area contributed by atoms with Crippen LogP contribution >= 0.6 is 27.3 Å². The van der Waals surface area contributed by atoms with Gasteiger partial charge in [0.05, 0.1) is 20.3 Å². The molecule has 0 saturated heterocycles. The molecule has 0 aliphatic carbocycles. The Balaban J connectivity index is 2.37. The minimum Gasteiger partial charge on any atom is -0.493 e. The molecule has 1 aromatic carbocycles. The highest BCUT2D eigenvalue weighted by molar-refractivity contribution is 9.10. The number of halogens is 1. The zero-order valence-corrected chi connectivity index (χ0v) is 12.5. The van der Waals surface area contributed by atoms with E-state index in [9.17, 15) is 0 Å². The second kappa shape index (κ2) is 5.73. The fraction of sp³-hybridized carbons (Fsp3) is 0.231. The first kappa shape index (κ1) is 13.4. The van der Waals surface area contributed by atoms with E-state index in [-0.39, 0.29) is 6.04 Å². The van der Waals surface area contributed by atoms with E-state index in [4.69, 9.17) is 15.2 Å². The number of methoxy groups -OCH3 is 2. The van der Waals surface area contributed by atoms with Crippen molar-refractivity contribution in [2.75, 3.05) is 14.2 Å². The van der Waals surface area contributed by atoms with E-state index in [1.54, 1.807) is 25.6 Å². The Morgan fingerprint density at radius 3 is 2.44 bits per heavy atom. The summed E-state index contributed by atoms with van der Waals surface area (Å²) in [6.45, 7) is 0. The molecule has 2 N–H and O–H groups in total. The molecule has 0 bridgehead atoms. The van der Waals surface area contributed by atoms with E-state index in [1.807, 2.05) is 29.6 Å². The van der Waals surface area contributed by atoms with Gasteiger partial charge in [-0.25, -0.2) is 0 Å². The Bertz CT molecular complexity index is 542. The van der Waals surface area contributed by atoms with Crippen LogP contribution in [0, 0.1) is 0 Å². The zero-order valence-electron chi connectivity index (χ0n) is 10.1. The number of nitrogens with two attached hydrogens (primary N) is 1. The van der Waals surface area contributed by atoms with Gasteiger partial charge in [0.15, 0.2) is 11.5 Å². The lowest BCUT2D eigenvalue weighted by Crippen LogP contribution is -2.11. The average Bonchev–Trinajstić information content (AvgIpc) is 2.83. The first-order chi connectivity index (χ1) is 8.67. The molecule has 0 fully saturated rings. The smallest absolute Gasteiger partial charge is 0.161 e. The van der Waals surface area contributed by atoms with Crippen LogP contribution < -0.4 is 15.2 Å². The monoisotopic (exact) mass is 327 g/mol. The van der Waals surface area contributed by atoms with Crippen molar-refractivity contribution in [2.24, 2.45) is 5.73 Å². The van der Waals surface area contributed by atoms with Crippen molar-refractivity contribution < 1.29 is 9.47 Å². The summed E-state index contributed by atoms with van der Waals surface area (Å²) < 4.78 is 11.5.